The van der Waals surface area contributed by atoms with Gasteiger partial charge in [-0.25, -0.2) is 0 Å². The third kappa shape index (κ3) is 2.53. The highest BCUT2D eigenvalue weighted by Gasteiger charge is 2.16. The lowest BCUT2D eigenvalue weighted by molar-refractivity contribution is -0.117. The number of nitrogens with two attached hydrogens (primary N) is 1. The molecule has 0 radical (unpaired) electrons. The molecular formula is C17H17N3O. The highest BCUT2D eigenvalue weighted by molar-refractivity contribution is 6.08. The number of benzene rings is 2. The summed E-state index contributed by atoms with van der Waals surface area (Å²) in [4.78, 5) is 15.4. The molecule has 4 nitrogen and oxygen atoms in total. The minimum atomic E-state index is -0.553. The van der Waals surface area contributed by atoms with Gasteiger partial charge in [0.05, 0.1) is 17.4 Å². The summed E-state index contributed by atoms with van der Waals surface area (Å²) < 4.78 is 0. The Morgan fingerprint density at radius 2 is 1.76 bits per heavy atom. The van der Waals surface area contributed by atoms with E-state index in [0.717, 1.165) is 27.8 Å². The molecule has 3 rings (SSSR count). The molecule has 4 N–H and O–H groups in total. The van der Waals surface area contributed by atoms with Crippen molar-refractivity contribution in [3.05, 3.63) is 54.6 Å². The summed E-state index contributed by atoms with van der Waals surface area (Å²) in [5.74, 6) is -0.197. The fourth-order valence-electron chi connectivity index (χ4n) is 2.33. The zero-order valence-corrected chi connectivity index (χ0v) is 11.8. The number of aromatic nitrogens is 1. The quantitative estimate of drug-likeness (QED) is 0.689. The van der Waals surface area contributed by atoms with Crippen LogP contribution in [0.4, 0.5) is 5.69 Å². The van der Waals surface area contributed by atoms with Gasteiger partial charge < -0.3 is 16.0 Å². The second-order valence-corrected chi connectivity index (χ2v) is 5.06. The number of para-hydroxylation sites is 1. The van der Waals surface area contributed by atoms with Crippen molar-refractivity contribution in [1.29, 1.82) is 0 Å². The summed E-state index contributed by atoms with van der Waals surface area (Å²) in [7, 11) is 0. The molecule has 0 aliphatic carbocycles. The van der Waals surface area contributed by atoms with Gasteiger partial charge in [-0.3, -0.25) is 4.79 Å². The molecule has 1 atom stereocenters. The van der Waals surface area contributed by atoms with E-state index in [1.807, 2.05) is 54.6 Å². The van der Waals surface area contributed by atoms with Crippen LogP contribution in [-0.2, 0) is 4.79 Å². The first kappa shape index (κ1) is 13.4. The van der Waals surface area contributed by atoms with Crippen LogP contribution in [0.1, 0.15) is 6.92 Å². The number of hydrogen-bond acceptors (Lipinski definition) is 2. The van der Waals surface area contributed by atoms with E-state index in [9.17, 15) is 4.79 Å². The number of amides is 1. The molecule has 1 aromatic heterocycles. The Labute approximate surface area is 123 Å². The van der Waals surface area contributed by atoms with Crippen LogP contribution in [0.25, 0.3) is 22.2 Å². The van der Waals surface area contributed by atoms with Crippen molar-refractivity contribution in [2.75, 3.05) is 5.32 Å². The summed E-state index contributed by atoms with van der Waals surface area (Å²) in [6.07, 6.45) is 0. The second kappa shape index (κ2) is 5.42. The Balaban J connectivity index is 2.17. The number of nitrogens with one attached hydrogen (secondary N) is 2. The molecule has 4 heteroatoms. The summed E-state index contributed by atoms with van der Waals surface area (Å²) >= 11 is 0. The van der Waals surface area contributed by atoms with Crippen LogP contribution in [0.3, 0.4) is 0 Å². The average Bonchev–Trinajstić information content (AvgIpc) is 2.87. The Morgan fingerprint density at radius 3 is 2.48 bits per heavy atom. The second-order valence-electron chi connectivity index (χ2n) is 5.06. The van der Waals surface area contributed by atoms with Crippen molar-refractivity contribution >= 4 is 22.5 Å². The molecule has 0 spiro atoms. The van der Waals surface area contributed by atoms with Crippen LogP contribution in [-0.4, -0.2) is 16.9 Å². The molecule has 1 heterocycles. The maximum atomic E-state index is 12.0. The predicted molar refractivity (Wildman–Crippen MR) is 86.0 cm³/mol. The van der Waals surface area contributed by atoms with Gasteiger partial charge in [0.1, 0.15) is 0 Å². The Morgan fingerprint density at radius 1 is 1.10 bits per heavy atom. The third-order valence-corrected chi connectivity index (χ3v) is 3.43. The zero-order valence-electron chi connectivity index (χ0n) is 11.8. The van der Waals surface area contributed by atoms with Crippen molar-refractivity contribution in [3.63, 3.8) is 0 Å². The Bertz CT molecular complexity index is 775. The minimum Gasteiger partial charge on any atom is -0.353 e. The average molecular weight is 279 g/mol. The normalized spacial score (nSPS) is 12.3. The summed E-state index contributed by atoms with van der Waals surface area (Å²) in [6, 6.07) is 17.2. The van der Waals surface area contributed by atoms with Gasteiger partial charge in [0.25, 0.3) is 0 Å². The molecular weight excluding hydrogens is 262 g/mol. The molecule has 21 heavy (non-hydrogen) atoms. The lowest BCUT2D eigenvalue weighted by Crippen LogP contribution is -2.32. The van der Waals surface area contributed by atoms with Gasteiger partial charge in [0.15, 0.2) is 0 Å². The Kier molecular flexibility index (Phi) is 3.46. The lowest BCUT2D eigenvalue weighted by atomic mass is 10.1. The molecule has 1 amide bonds. The number of hydrogen-bond donors (Lipinski definition) is 3. The largest absolute Gasteiger partial charge is 0.353 e. The van der Waals surface area contributed by atoms with Gasteiger partial charge in [0.2, 0.25) is 5.91 Å². The van der Waals surface area contributed by atoms with Gasteiger partial charge >= 0.3 is 0 Å². The van der Waals surface area contributed by atoms with E-state index in [0.29, 0.717) is 0 Å². The predicted octanol–water partition coefficient (Wildman–Crippen LogP) is 3.12. The molecule has 0 aliphatic heterocycles. The summed E-state index contributed by atoms with van der Waals surface area (Å²) in [5.41, 5.74) is 9.34. The van der Waals surface area contributed by atoms with Gasteiger partial charge in [0, 0.05) is 16.5 Å². The van der Waals surface area contributed by atoms with E-state index in [1.165, 1.54) is 0 Å². The van der Waals surface area contributed by atoms with E-state index in [4.69, 9.17) is 5.73 Å². The van der Waals surface area contributed by atoms with Gasteiger partial charge in [-0.05, 0) is 13.0 Å². The van der Waals surface area contributed by atoms with Crippen molar-refractivity contribution in [2.24, 2.45) is 5.73 Å². The first-order chi connectivity index (χ1) is 10.2. The number of fused-ring (bicyclic) bond motifs is 1. The van der Waals surface area contributed by atoms with E-state index in [-0.39, 0.29) is 5.91 Å². The van der Waals surface area contributed by atoms with Crippen LogP contribution in [0.2, 0.25) is 0 Å². The molecule has 1 unspecified atom stereocenters. The first-order valence-corrected chi connectivity index (χ1v) is 6.89. The molecule has 3 aromatic rings. The maximum absolute atomic E-state index is 12.0. The highest BCUT2D eigenvalue weighted by Crippen LogP contribution is 2.34. The number of anilines is 1. The maximum Gasteiger partial charge on any atom is 0.241 e. The van der Waals surface area contributed by atoms with Crippen LogP contribution < -0.4 is 11.1 Å². The van der Waals surface area contributed by atoms with Crippen LogP contribution in [0, 0.1) is 0 Å². The monoisotopic (exact) mass is 279 g/mol. The third-order valence-electron chi connectivity index (χ3n) is 3.43. The van der Waals surface area contributed by atoms with E-state index >= 15 is 0 Å². The van der Waals surface area contributed by atoms with E-state index < -0.39 is 6.04 Å². The van der Waals surface area contributed by atoms with Crippen molar-refractivity contribution in [2.45, 2.75) is 13.0 Å². The van der Waals surface area contributed by atoms with Crippen LogP contribution in [0.5, 0.6) is 0 Å². The van der Waals surface area contributed by atoms with Crippen molar-refractivity contribution < 1.29 is 4.79 Å². The Hall–Kier alpha value is -2.59. The van der Waals surface area contributed by atoms with Crippen molar-refractivity contribution in [3.8, 4) is 11.3 Å². The molecule has 2 aromatic carbocycles. The molecule has 106 valence electrons. The number of carbonyl (C=O) groups is 1. The summed E-state index contributed by atoms with van der Waals surface area (Å²) in [5, 5.41) is 3.91. The number of carbonyl (C=O) groups excluding carboxylic acids is 1. The number of aromatic amines is 1. The van der Waals surface area contributed by atoms with Crippen LogP contribution >= 0.6 is 0 Å². The molecule has 0 fully saturated rings. The fraction of sp³-hybridized carbons (Fsp3) is 0.118. The van der Waals surface area contributed by atoms with E-state index in [2.05, 4.69) is 10.3 Å². The van der Waals surface area contributed by atoms with Crippen molar-refractivity contribution in [1.82, 2.24) is 4.98 Å². The summed E-state index contributed by atoms with van der Waals surface area (Å²) in [6.45, 7) is 1.67. The lowest BCUT2D eigenvalue weighted by Gasteiger charge is -2.09. The standard InChI is InChI=1S/C17H17N3O/c1-11(18)17(21)20-16-13-9-5-6-10-14(13)19-15(16)12-7-3-2-4-8-12/h2-11,19H,18H2,1H3,(H,20,21). The fourth-order valence-corrected chi connectivity index (χ4v) is 2.33. The molecule has 0 saturated carbocycles. The minimum absolute atomic E-state index is 0.197. The van der Waals surface area contributed by atoms with E-state index in [1.54, 1.807) is 6.92 Å². The molecule has 0 bridgehead atoms. The van der Waals surface area contributed by atoms with Gasteiger partial charge in [-0.2, -0.15) is 0 Å². The number of H-pyrrole nitrogens is 1. The van der Waals surface area contributed by atoms with Gasteiger partial charge in [-0.15, -0.1) is 0 Å². The zero-order chi connectivity index (χ0) is 14.8. The van der Waals surface area contributed by atoms with Crippen LogP contribution in [0.15, 0.2) is 54.6 Å². The topological polar surface area (TPSA) is 70.9 Å². The SMILES string of the molecule is CC(N)C(=O)Nc1c(-c2ccccc2)[nH]c2ccccc12. The highest BCUT2D eigenvalue weighted by atomic mass is 16.2. The molecule has 0 saturated heterocycles. The molecule has 0 aliphatic rings. The first-order valence-electron chi connectivity index (χ1n) is 6.89. The smallest absolute Gasteiger partial charge is 0.241 e. The van der Waals surface area contributed by atoms with Gasteiger partial charge in [-0.1, -0.05) is 48.5 Å². The number of rotatable bonds is 3.